The van der Waals surface area contributed by atoms with Gasteiger partial charge in [-0.05, 0) is 17.7 Å². The molecule has 0 radical (unpaired) electrons. The second-order valence-electron chi connectivity index (χ2n) is 1.80. The Hall–Kier alpha value is -0.0500. The van der Waals surface area contributed by atoms with Crippen molar-refractivity contribution in [1.29, 1.82) is 0 Å². The van der Waals surface area contributed by atoms with Gasteiger partial charge in [-0.25, -0.2) is 4.39 Å². The van der Waals surface area contributed by atoms with Crippen LogP contribution in [0.4, 0.5) is 4.39 Å². The number of halogens is 1. The van der Waals surface area contributed by atoms with Gasteiger partial charge in [0.2, 0.25) is 0 Å². The summed E-state index contributed by atoms with van der Waals surface area (Å²) in [6.45, 7) is -0.472. The molecule has 0 aliphatic heterocycles. The van der Waals surface area contributed by atoms with Crippen molar-refractivity contribution in [3.8, 4) is 5.75 Å². The number of benzene rings is 1. The van der Waals surface area contributed by atoms with Crippen LogP contribution in [0.3, 0.4) is 0 Å². The molecule has 0 spiro atoms. The Morgan fingerprint density at radius 3 is 2.10 bits per heavy atom. The van der Waals surface area contributed by atoms with Gasteiger partial charge in [-0.1, -0.05) is 12.1 Å². The van der Waals surface area contributed by atoms with E-state index in [-0.39, 0.29) is 35.3 Å². The Morgan fingerprint density at radius 2 is 1.70 bits per heavy atom. The Kier molecular flexibility index (Phi) is 4.69. The first-order chi connectivity index (χ1) is 4.33. The third kappa shape index (κ3) is 2.69. The van der Waals surface area contributed by atoms with Crippen LogP contribution in [0, 0.1) is 0 Å². The number of hydrogen-bond acceptors (Lipinski definition) is 1. The summed E-state index contributed by atoms with van der Waals surface area (Å²) < 4.78 is 11.8. The quantitative estimate of drug-likeness (QED) is 0.596. The molecular formula is C7H8FNaO. The molecule has 0 heterocycles. The van der Waals surface area contributed by atoms with Crippen molar-refractivity contribution in [3.63, 3.8) is 0 Å². The fourth-order valence-corrected chi connectivity index (χ4v) is 0.585. The first-order valence-electron chi connectivity index (χ1n) is 2.67. The number of rotatable bonds is 1. The standard InChI is InChI=1S/C7H7FO.Na.H/c8-5-6-1-3-7(9)4-2-6;;/h1-4,9H,5H2;;. The molecule has 0 saturated carbocycles. The van der Waals surface area contributed by atoms with Crippen LogP contribution >= 0.6 is 0 Å². The Balaban J connectivity index is 0.000000810. The van der Waals surface area contributed by atoms with E-state index in [1.165, 1.54) is 12.1 Å². The molecule has 10 heavy (non-hydrogen) atoms. The summed E-state index contributed by atoms with van der Waals surface area (Å²) in [5.41, 5.74) is 0.591. The van der Waals surface area contributed by atoms with Crippen molar-refractivity contribution >= 4 is 29.6 Å². The maximum absolute atomic E-state index is 11.8. The fourth-order valence-electron chi connectivity index (χ4n) is 0.585. The molecular weight excluding hydrogens is 142 g/mol. The summed E-state index contributed by atoms with van der Waals surface area (Å²) in [5.74, 6) is 0.173. The van der Waals surface area contributed by atoms with E-state index in [1.807, 2.05) is 0 Å². The number of hydrogen-bond donors (Lipinski definition) is 1. The molecule has 0 aliphatic carbocycles. The van der Waals surface area contributed by atoms with E-state index in [9.17, 15) is 4.39 Å². The van der Waals surface area contributed by atoms with Crippen LogP contribution in [0.1, 0.15) is 5.56 Å². The number of alkyl halides is 1. The number of phenolic OH excluding ortho intramolecular Hbond substituents is 1. The Labute approximate surface area is 81.2 Å². The third-order valence-corrected chi connectivity index (χ3v) is 1.09. The van der Waals surface area contributed by atoms with E-state index in [4.69, 9.17) is 5.11 Å². The molecule has 1 aromatic rings. The van der Waals surface area contributed by atoms with Crippen molar-refractivity contribution in [1.82, 2.24) is 0 Å². The third-order valence-electron chi connectivity index (χ3n) is 1.09. The van der Waals surface area contributed by atoms with Gasteiger partial charge in [0.25, 0.3) is 0 Å². The fraction of sp³-hybridized carbons (Fsp3) is 0.143. The van der Waals surface area contributed by atoms with Gasteiger partial charge in [-0.15, -0.1) is 0 Å². The van der Waals surface area contributed by atoms with Gasteiger partial charge in [0, 0.05) is 0 Å². The average molecular weight is 150 g/mol. The molecule has 3 heteroatoms. The molecule has 0 amide bonds. The molecule has 0 unspecified atom stereocenters. The molecule has 1 aromatic carbocycles. The van der Waals surface area contributed by atoms with Gasteiger partial charge in [0.1, 0.15) is 12.4 Å². The van der Waals surface area contributed by atoms with Gasteiger partial charge in [-0.3, -0.25) is 0 Å². The van der Waals surface area contributed by atoms with Crippen molar-refractivity contribution in [3.05, 3.63) is 29.8 Å². The molecule has 1 rings (SSSR count). The molecule has 0 bridgehead atoms. The minimum atomic E-state index is -0.472. The van der Waals surface area contributed by atoms with Crippen LogP contribution in [0.5, 0.6) is 5.75 Å². The van der Waals surface area contributed by atoms with Gasteiger partial charge in [-0.2, -0.15) is 0 Å². The van der Waals surface area contributed by atoms with E-state index in [2.05, 4.69) is 0 Å². The first-order valence-corrected chi connectivity index (χ1v) is 2.67. The molecule has 0 atom stereocenters. The summed E-state index contributed by atoms with van der Waals surface area (Å²) in [7, 11) is 0. The van der Waals surface area contributed by atoms with Crippen LogP contribution < -0.4 is 0 Å². The predicted molar refractivity (Wildman–Crippen MR) is 40.1 cm³/mol. The van der Waals surface area contributed by atoms with Gasteiger partial charge in [0.15, 0.2) is 0 Å². The summed E-state index contributed by atoms with van der Waals surface area (Å²) in [5, 5.41) is 8.73. The van der Waals surface area contributed by atoms with Gasteiger partial charge in [0.05, 0.1) is 0 Å². The zero-order valence-electron chi connectivity index (χ0n) is 4.84. The van der Waals surface area contributed by atoms with Gasteiger partial charge >= 0.3 is 29.6 Å². The molecule has 0 saturated heterocycles. The second kappa shape index (κ2) is 4.72. The van der Waals surface area contributed by atoms with Crippen LogP contribution in [0.2, 0.25) is 0 Å². The zero-order chi connectivity index (χ0) is 6.69. The van der Waals surface area contributed by atoms with Crippen LogP contribution in [-0.2, 0) is 6.67 Å². The van der Waals surface area contributed by atoms with E-state index in [0.717, 1.165) is 0 Å². The number of phenols is 1. The number of aromatic hydroxyl groups is 1. The summed E-state index contributed by atoms with van der Waals surface area (Å²) in [4.78, 5) is 0. The molecule has 50 valence electrons. The van der Waals surface area contributed by atoms with E-state index >= 15 is 0 Å². The van der Waals surface area contributed by atoms with E-state index < -0.39 is 6.67 Å². The first kappa shape index (κ1) is 9.95. The second-order valence-corrected chi connectivity index (χ2v) is 1.80. The van der Waals surface area contributed by atoms with E-state index in [1.54, 1.807) is 12.1 Å². The van der Waals surface area contributed by atoms with Gasteiger partial charge < -0.3 is 5.11 Å². The normalized spacial score (nSPS) is 8.50. The minimum absolute atomic E-state index is 0. The Morgan fingerprint density at radius 1 is 1.20 bits per heavy atom. The van der Waals surface area contributed by atoms with E-state index in [0.29, 0.717) is 5.56 Å². The molecule has 1 nitrogen and oxygen atoms in total. The molecule has 0 fully saturated rings. The summed E-state index contributed by atoms with van der Waals surface area (Å²) in [6.07, 6.45) is 0. The molecule has 1 N–H and O–H groups in total. The zero-order valence-corrected chi connectivity index (χ0v) is 4.84. The topological polar surface area (TPSA) is 20.2 Å². The molecule has 0 aromatic heterocycles. The maximum atomic E-state index is 11.8. The monoisotopic (exact) mass is 150 g/mol. The summed E-state index contributed by atoms with van der Waals surface area (Å²) in [6, 6.07) is 6.04. The predicted octanol–water partition coefficient (Wildman–Crippen LogP) is 1.21. The van der Waals surface area contributed by atoms with Crippen molar-refractivity contribution in [2.45, 2.75) is 6.67 Å². The SMILES string of the molecule is Oc1ccc(CF)cc1.[NaH]. The van der Waals surface area contributed by atoms with Crippen molar-refractivity contribution in [2.75, 3.05) is 0 Å². The summed E-state index contributed by atoms with van der Waals surface area (Å²) >= 11 is 0. The average Bonchev–Trinajstić information content (AvgIpc) is 1.90. The van der Waals surface area contributed by atoms with Crippen LogP contribution in [0.25, 0.3) is 0 Å². The Bertz CT molecular complexity index is 185. The molecule has 0 aliphatic rings. The van der Waals surface area contributed by atoms with Crippen LogP contribution in [0.15, 0.2) is 24.3 Å². The van der Waals surface area contributed by atoms with Crippen molar-refractivity contribution < 1.29 is 9.50 Å². The van der Waals surface area contributed by atoms with Crippen molar-refractivity contribution in [2.24, 2.45) is 0 Å². The van der Waals surface area contributed by atoms with Crippen LogP contribution in [-0.4, -0.2) is 34.7 Å².